The minimum absolute atomic E-state index is 0.0317. The van der Waals surface area contributed by atoms with Crippen molar-refractivity contribution in [3.8, 4) is 0 Å². The molecule has 0 aliphatic rings. The summed E-state index contributed by atoms with van der Waals surface area (Å²) in [7, 11) is 0. The average Bonchev–Trinajstić information content (AvgIpc) is 2.33. The van der Waals surface area contributed by atoms with Crippen molar-refractivity contribution in [3.05, 3.63) is 22.2 Å². The number of nitrogens with one attached hydrogen (secondary N) is 1. The van der Waals surface area contributed by atoms with Gasteiger partial charge in [-0.1, -0.05) is 13.3 Å². The van der Waals surface area contributed by atoms with Crippen molar-refractivity contribution >= 4 is 23.3 Å². The number of pyridine rings is 1. The van der Waals surface area contributed by atoms with Crippen molar-refractivity contribution in [1.29, 1.82) is 0 Å². The van der Waals surface area contributed by atoms with Crippen LogP contribution in [0.5, 0.6) is 0 Å². The summed E-state index contributed by atoms with van der Waals surface area (Å²) < 4.78 is 0. The third-order valence-electron chi connectivity index (χ3n) is 2.71. The molecule has 1 aromatic heterocycles. The lowest BCUT2D eigenvalue weighted by Gasteiger charge is -2.13. The number of nitrogen functional groups attached to an aromatic ring is 1. The molecule has 4 N–H and O–H groups in total. The summed E-state index contributed by atoms with van der Waals surface area (Å²) in [5, 5.41) is 22.2. The normalized spacial score (nSPS) is 11.8. The van der Waals surface area contributed by atoms with Crippen LogP contribution in [0.1, 0.15) is 19.8 Å². The first-order chi connectivity index (χ1) is 8.93. The van der Waals surface area contributed by atoms with Gasteiger partial charge < -0.3 is 16.2 Å². The van der Waals surface area contributed by atoms with E-state index >= 15 is 0 Å². The number of aliphatic carboxylic acids is 1. The molecule has 8 heteroatoms. The quantitative estimate of drug-likeness (QED) is 0.504. The van der Waals surface area contributed by atoms with E-state index in [2.05, 4.69) is 10.3 Å². The number of carboxylic acid groups (broad SMARTS) is 1. The zero-order chi connectivity index (χ0) is 14.4. The Labute approximate surface area is 109 Å². The van der Waals surface area contributed by atoms with Gasteiger partial charge in [0.05, 0.1) is 4.92 Å². The molecule has 0 amide bonds. The minimum atomic E-state index is -0.857. The molecule has 0 fully saturated rings. The van der Waals surface area contributed by atoms with Gasteiger partial charge in [0.25, 0.3) is 0 Å². The van der Waals surface area contributed by atoms with Crippen LogP contribution in [0.15, 0.2) is 12.1 Å². The Bertz CT molecular complexity index is 478. The lowest BCUT2D eigenvalue weighted by molar-refractivity contribution is -0.384. The molecule has 1 rings (SSSR count). The van der Waals surface area contributed by atoms with E-state index in [-0.39, 0.29) is 23.8 Å². The smallest absolute Gasteiger partial charge is 0.311 e. The summed E-state index contributed by atoms with van der Waals surface area (Å²) in [6.07, 6.45) is 0.772. The summed E-state index contributed by atoms with van der Waals surface area (Å²) in [4.78, 5) is 24.4. The van der Waals surface area contributed by atoms with Gasteiger partial charge in [0, 0.05) is 19.0 Å². The molecule has 0 aliphatic heterocycles. The van der Waals surface area contributed by atoms with Crippen LogP contribution in [0.25, 0.3) is 0 Å². The van der Waals surface area contributed by atoms with Gasteiger partial charge in [0.1, 0.15) is 5.82 Å². The molecular formula is C11H16N4O4. The van der Waals surface area contributed by atoms with Crippen molar-refractivity contribution in [1.82, 2.24) is 4.98 Å². The average molecular weight is 268 g/mol. The Morgan fingerprint density at radius 2 is 2.32 bits per heavy atom. The molecule has 1 heterocycles. The number of anilines is 2. The summed E-state index contributed by atoms with van der Waals surface area (Å²) in [5.41, 5.74) is 5.21. The summed E-state index contributed by atoms with van der Waals surface area (Å²) in [5.74, 6) is -0.659. The van der Waals surface area contributed by atoms with Gasteiger partial charge in [0.15, 0.2) is 0 Å². The highest BCUT2D eigenvalue weighted by Gasteiger charge is 2.14. The van der Waals surface area contributed by atoms with Crippen LogP contribution in [0.4, 0.5) is 17.3 Å². The third-order valence-corrected chi connectivity index (χ3v) is 2.71. The molecule has 0 bridgehead atoms. The number of nitrogens with zero attached hydrogens (tertiary/aromatic N) is 2. The molecule has 0 aliphatic carbocycles. The number of carboxylic acids is 1. The third kappa shape index (κ3) is 4.41. The van der Waals surface area contributed by atoms with Crippen LogP contribution >= 0.6 is 0 Å². The van der Waals surface area contributed by atoms with Crippen LogP contribution in [-0.4, -0.2) is 27.5 Å². The van der Waals surface area contributed by atoms with Crippen molar-refractivity contribution in [2.45, 2.75) is 19.8 Å². The van der Waals surface area contributed by atoms with Crippen LogP contribution in [0, 0.1) is 16.0 Å². The minimum Gasteiger partial charge on any atom is -0.481 e. The van der Waals surface area contributed by atoms with E-state index in [4.69, 9.17) is 10.8 Å². The summed E-state index contributed by atoms with van der Waals surface area (Å²) in [6, 6.07) is 2.71. The van der Waals surface area contributed by atoms with Gasteiger partial charge in [-0.15, -0.1) is 0 Å². The molecular weight excluding hydrogens is 252 g/mol. The Balaban J connectivity index is 2.65. The molecule has 0 saturated heterocycles. The maximum Gasteiger partial charge on any atom is 0.311 e. The Kier molecular flexibility index (Phi) is 5.04. The van der Waals surface area contributed by atoms with Crippen LogP contribution < -0.4 is 11.1 Å². The van der Waals surface area contributed by atoms with E-state index in [0.29, 0.717) is 18.8 Å². The molecule has 19 heavy (non-hydrogen) atoms. The lowest BCUT2D eigenvalue weighted by atomic mass is 10.0. The number of nitro groups is 1. The second kappa shape index (κ2) is 6.53. The molecule has 8 nitrogen and oxygen atoms in total. The zero-order valence-electron chi connectivity index (χ0n) is 10.5. The standard InChI is InChI=1S/C11H16N4O4/c1-2-7(5-10(16)17)6-13-9-4-3-8(15(18)19)11(12)14-9/h3-4,7H,2,5-6H2,1H3,(H,16,17)(H3,12,13,14). The number of hydrogen-bond acceptors (Lipinski definition) is 6. The number of aromatic nitrogens is 1. The number of nitrogens with two attached hydrogens (primary N) is 1. The first-order valence-corrected chi connectivity index (χ1v) is 5.80. The first-order valence-electron chi connectivity index (χ1n) is 5.80. The fourth-order valence-corrected chi connectivity index (χ4v) is 1.58. The highest BCUT2D eigenvalue weighted by Crippen LogP contribution is 2.21. The Hall–Kier alpha value is -2.38. The SMILES string of the molecule is CCC(CNc1ccc([N+](=O)[O-])c(N)n1)CC(=O)O. The van der Waals surface area contributed by atoms with Crippen molar-refractivity contribution in [2.75, 3.05) is 17.6 Å². The highest BCUT2D eigenvalue weighted by molar-refractivity contribution is 5.67. The molecule has 104 valence electrons. The van der Waals surface area contributed by atoms with Crippen molar-refractivity contribution < 1.29 is 14.8 Å². The number of carbonyl (C=O) groups is 1. The molecule has 1 unspecified atom stereocenters. The van der Waals surface area contributed by atoms with Crippen molar-refractivity contribution in [3.63, 3.8) is 0 Å². The van der Waals surface area contributed by atoms with E-state index in [1.54, 1.807) is 0 Å². The summed E-state index contributed by atoms with van der Waals surface area (Å²) >= 11 is 0. The monoisotopic (exact) mass is 268 g/mol. The predicted molar refractivity (Wildman–Crippen MR) is 69.8 cm³/mol. The van der Waals surface area contributed by atoms with E-state index in [9.17, 15) is 14.9 Å². The van der Waals surface area contributed by atoms with Gasteiger partial charge in [-0.25, -0.2) is 4.98 Å². The van der Waals surface area contributed by atoms with Gasteiger partial charge in [-0.3, -0.25) is 14.9 Å². The van der Waals surface area contributed by atoms with Gasteiger partial charge in [-0.05, 0) is 12.0 Å². The lowest BCUT2D eigenvalue weighted by Crippen LogP contribution is -2.18. The zero-order valence-corrected chi connectivity index (χ0v) is 10.5. The fraction of sp³-hybridized carbons (Fsp3) is 0.455. The maximum atomic E-state index is 10.6. The van der Waals surface area contributed by atoms with Gasteiger partial charge in [0.2, 0.25) is 5.82 Å². The largest absolute Gasteiger partial charge is 0.481 e. The molecule has 1 aromatic rings. The van der Waals surface area contributed by atoms with Crippen LogP contribution in [0.3, 0.4) is 0 Å². The van der Waals surface area contributed by atoms with E-state index in [1.807, 2.05) is 6.92 Å². The van der Waals surface area contributed by atoms with Crippen LogP contribution in [0.2, 0.25) is 0 Å². The second-order valence-electron chi connectivity index (χ2n) is 4.11. The van der Waals surface area contributed by atoms with Crippen LogP contribution in [-0.2, 0) is 4.79 Å². The number of hydrogen-bond donors (Lipinski definition) is 3. The predicted octanol–water partition coefficient (Wildman–Crippen LogP) is 1.48. The number of rotatable bonds is 7. The van der Waals surface area contributed by atoms with Crippen molar-refractivity contribution in [2.24, 2.45) is 5.92 Å². The molecule has 0 aromatic carbocycles. The fourth-order valence-electron chi connectivity index (χ4n) is 1.58. The topological polar surface area (TPSA) is 131 Å². The van der Waals surface area contributed by atoms with E-state index in [0.717, 1.165) is 0 Å². The Morgan fingerprint density at radius 1 is 1.63 bits per heavy atom. The molecule has 1 atom stereocenters. The first kappa shape index (κ1) is 14.7. The second-order valence-corrected chi connectivity index (χ2v) is 4.11. The molecule has 0 spiro atoms. The highest BCUT2D eigenvalue weighted by atomic mass is 16.6. The van der Waals surface area contributed by atoms with Gasteiger partial charge in [-0.2, -0.15) is 0 Å². The van der Waals surface area contributed by atoms with E-state index in [1.165, 1.54) is 12.1 Å². The maximum absolute atomic E-state index is 10.6. The molecule has 0 radical (unpaired) electrons. The Morgan fingerprint density at radius 3 is 2.79 bits per heavy atom. The van der Waals surface area contributed by atoms with Gasteiger partial charge >= 0.3 is 11.7 Å². The van der Waals surface area contributed by atoms with E-state index < -0.39 is 10.9 Å². The summed E-state index contributed by atoms with van der Waals surface area (Å²) in [6.45, 7) is 2.32. The molecule has 0 saturated carbocycles.